The van der Waals surface area contributed by atoms with E-state index < -0.39 is 23.9 Å². The van der Waals surface area contributed by atoms with E-state index in [0.29, 0.717) is 13.0 Å². The third-order valence-electron chi connectivity index (χ3n) is 4.67. The maximum absolute atomic E-state index is 13.5. The van der Waals surface area contributed by atoms with Crippen molar-refractivity contribution in [2.75, 3.05) is 13.1 Å². The Labute approximate surface area is 143 Å². The third kappa shape index (κ3) is 5.33. The molecule has 0 aromatic rings. The fraction of sp³-hybridized carbons (Fsp3) is 0.882. The van der Waals surface area contributed by atoms with Crippen LogP contribution in [0.1, 0.15) is 52.9 Å². The molecule has 2 amide bonds. The van der Waals surface area contributed by atoms with Crippen LogP contribution in [0.3, 0.4) is 0 Å². The number of likely N-dealkylation sites (tertiary alicyclic amines) is 1. The zero-order chi connectivity index (χ0) is 17.9. The molecule has 6 nitrogen and oxygen atoms in total. The van der Waals surface area contributed by atoms with E-state index in [9.17, 15) is 14.0 Å². The van der Waals surface area contributed by atoms with E-state index in [1.165, 1.54) is 4.90 Å². The van der Waals surface area contributed by atoms with E-state index >= 15 is 0 Å². The van der Waals surface area contributed by atoms with Crippen molar-refractivity contribution in [1.29, 1.82) is 0 Å². The molecule has 1 saturated carbocycles. The first-order chi connectivity index (χ1) is 11.2. The molecular formula is C17H30FN3O3. The molecule has 0 aromatic heterocycles. The minimum atomic E-state index is -0.976. The minimum absolute atomic E-state index is 0.0171. The summed E-state index contributed by atoms with van der Waals surface area (Å²) < 4.78 is 18.7. The fourth-order valence-electron chi connectivity index (χ4n) is 3.41. The molecule has 0 spiro atoms. The maximum atomic E-state index is 13.5. The number of hydrogen-bond acceptors (Lipinski definition) is 4. The van der Waals surface area contributed by atoms with Crippen molar-refractivity contribution < 1.29 is 18.7 Å². The number of hydrogen-bond donors (Lipinski definition) is 2. The molecule has 7 heteroatoms. The molecular weight excluding hydrogens is 313 g/mol. The molecule has 138 valence electrons. The molecule has 2 rings (SSSR count). The van der Waals surface area contributed by atoms with Crippen LogP contribution in [0.4, 0.5) is 9.18 Å². The normalized spacial score (nSPS) is 29.2. The molecule has 1 aliphatic heterocycles. The van der Waals surface area contributed by atoms with Crippen molar-refractivity contribution in [2.45, 2.75) is 76.7 Å². The summed E-state index contributed by atoms with van der Waals surface area (Å²) in [5, 5.41) is 2.73. The highest BCUT2D eigenvalue weighted by Gasteiger charge is 2.38. The quantitative estimate of drug-likeness (QED) is 0.820. The van der Waals surface area contributed by atoms with Crippen LogP contribution >= 0.6 is 0 Å². The van der Waals surface area contributed by atoms with Crippen LogP contribution in [-0.2, 0) is 9.53 Å². The van der Waals surface area contributed by atoms with Crippen LogP contribution in [0.15, 0.2) is 0 Å². The first-order valence-electron chi connectivity index (χ1n) is 8.83. The Morgan fingerprint density at radius 1 is 1.21 bits per heavy atom. The first-order valence-corrected chi connectivity index (χ1v) is 8.83. The summed E-state index contributed by atoms with van der Waals surface area (Å²) in [5.41, 5.74) is 5.31. The van der Waals surface area contributed by atoms with Gasteiger partial charge in [-0.25, -0.2) is 9.18 Å². The van der Waals surface area contributed by atoms with Gasteiger partial charge in [-0.15, -0.1) is 0 Å². The molecule has 3 N–H and O–H groups in total. The highest BCUT2D eigenvalue weighted by molar-refractivity contribution is 5.86. The number of halogens is 1. The lowest BCUT2D eigenvalue weighted by Gasteiger charge is -2.34. The van der Waals surface area contributed by atoms with E-state index in [1.54, 1.807) is 20.8 Å². The molecule has 2 fully saturated rings. The van der Waals surface area contributed by atoms with Gasteiger partial charge in [0.25, 0.3) is 0 Å². The lowest BCUT2D eigenvalue weighted by molar-refractivity contribution is -0.134. The number of alkyl carbamates (subject to hydrolysis) is 1. The number of nitrogens with one attached hydrogen (secondary N) is 1. The molecule has 2 aliphatic rings. The topological polar surface area (TPSA) is 84.7 Å². The SMILES string of the molecule is CC(C)(C)OC(=O)N[C@H](C(=O)N1CCC(F)C1)C1CCC(N)CC1. The Morgan fingerprint density at radius 3 is 2.33 bits per heavy atom. The predicted octanol–water partition coefficient (Wildman–Crippen LogP) is 1.97. The van der Waals surface area contributed by atoms with Gasteiger partial charge in [-0.1, -0.05) is 0 Å². The summed E-state index contributed by atoms with van der Waals surface area (Å²) in [5.74, 6) is -0.190. The van der Waals surface area contributed by atoms with Crippen molar-refractivity contribution in [3.63, 3.8) is 0 Å². The second kappa shape index (κ2) is 7.68. The summed E-state index contributed by atoms with van der Waals surface area (Å²) in [4.78, 5) is 26.5. The van der Waals surface area contributed by atoms with Crippen LogP contribution in [-0.4, -0.2) is 53.8 Å². The number of nitrogens with zero attached hydrogens (tertiary/aromatic N) is 1. The van der Waals surface area contributed by atoms with Gasteiger partial charge in [0, 0.05) is 12.6 Å². The number of rotatable bonds is 3. The zero-order valence-electron chi connectivity index (χ0n) is 14.9. The Kier molecular flexibility index (Phi) is 6.06. The van der Waals surface area contributed by atoms with Crippen LogP contribution in [0.5, 0.6) is 0 Å². The second-order valence-electron chi connectivity index (χ2n) is 7.97. The van der Waals surface area contributed by atoms with E-state index in [-0.39, 0.29) is 24.4 Å². The number of carbonyl (C=O) groups excluding carboxylic acids is 2. The molecule has 1 heterocycles. The lowest BCUT2D eigenvalue weighted by Crippen LogP contribution is -2.53. The summed E-state index contributed by atoms with van der Waals surface area (Å²) in [6.45, 7) is 5.84. The van der Waals surface area contributed by atoms with Crippen molar-refractivity contribution in [3.05, 3.63) is 0 Å². The standard InChI is InChI=1S/C17H30FN3O3/c1-17(2,3)24-16(23)20-14(11-4-6-13(19)7-5-11)15(22)21-9-8-12(18)10-21/h11-14H,4-10,19H2,1-3H3,(H,20,23)/t11?,12?,13?,14-/m0/s1. The van der Waals surface area contributed by atoms with Crippen molar-refractivity contribution in [2.24, 2.45) is 11.7 Å². The number of nitrogens with two attached hydrogens (primary N) is 1. The summed E-state index contributed by atoms with van der Waals surface area (Å²) in [6, 6.07) is -0.516. The van der Waals surface area contributed by atoms with Gasteiger partial charge in [0.05, 0.1) is 6.54 Å². The molecule has 0 aromatic carbocycles. The summed E-state index contributed by atoms with van der Waals surface area (Å²) >= 11 is 0. The zero-order valence-corrected chi connectivity index (χ0v) is 14.9. The molecule has 2 atom stereocenters. The van der Waals surface area contributed by atoms with Crippen LogP contribution in [0.25, 0.3) is 0 Å². The van der Waals surface area contributed by atoms with Crippen LogP contribution in [0, 0.1) is 5.92 Å². The van der Waals surface area contributed by atoms with E-state index in [2.05, 4.69) is 5.32 Å². The number of amides is 2. The average Bonchev–Trinajstić information content (AvgIpc) is 2.90. The van der Waals surface area contributed by atoms with Gasteiger partial charge < -0.3 is 20.7 Å². The molecule has 1 aliphatic carbocycles. The van der Waals surface area contributed by atoms with E-state index in [4.69, 9.17) is 10.5 Å². The molecule has 0 bridgehead atoms. The third-order valence-corrected chi connectivity index (χ3v) is 4.67. The average molecular weight is 343 g/mol. The Bertz CT molecular complexity index is 458. The Hall–Kier alpha value is -1.37. The van der Waals surface area contributed by atoms with Gasteiger partial charge in [0.2, 0.25) is 5.91 Å². The van der Waals surface area contributed by atoms with Gasteiger partial charge in [0.15, 0.2) is 0 Å². The Morgan fingerprint density at radius 2 is 1.83 bits per heavy atom. The van der Waals surface area contributed by atoms with Crippen molar-refractivity contribution >= 4 is 12.0 Å². The van der Waals surface area contributed by atoms with E-state index in [0.717, 1.165) is 25.7 Å². The van der Waals surface area contributed by atoms with Crippen LogP contribution < -0.4 is 11.1 Å². The molecule has 24 heavy (non-hydrogen) atoms. The predicted molar refractivity (Wildman–Crippen MR) is 89.2 cm³/mol. The number of alkyl halides is 1. The first kappa shape index (κ1) is 19.0. The van der Waals surface area contributed by atoms with Gasteiger partial charge in [-0.05, 0) is 58.8 Å². The highest BCUT2D eigenvalue weighted by atomic mass is 19.1. The smallest absolute Gasteiger partial charge is 0.408 e. The van der Waals surface area contributed by atoms with Crippen molar-refractivity contribution in [3.8, 4) is 0 Å². The van der Waals surface area contributed by atoms with Gasteiger partial charge in [-0.3, -0.25) is 4.79 Å². The number of ether oxygens (including phenoxy) is 1. The van der Waals surface area contributed by atoms with Gasteiger partial charge in [0.1, 0.15) is 17.8 Å². The molecule has 0 radical (unpaired) electrons. The largest absolute Gasteiger partial charge is 0.444 e. The fourth-order valence-corrected chi connectivity index (χ4v) is 3.41. The molecule has 1 saturated heterocycles. The van der Waals surface area contributed by atoms with E-state index in [1.807, 2.05) is 0 Å². The lowest BCUT2D eigenvalue weighted by atomic mass is 9.81. The van der Waals surface area contributed by atoms with Crippen LogP contribution in [0.2, 0.25) is 0 Å². The second-order valence-corrected chi connectivity index (χ2v) is 7.97. The number of carbonyl (C=O) groups is 2. The highest BCUT2D eigenvalue weighted by Crippen LogP contribution is 2.28. The molecule has 1 unspecified atom stereocenters. The summed E-state index contributed by atoms with van der Waals surface area (Å²) in [6.07, 6.45) is 2.00. The monoisotopic (exact) mass is 343 g/mol. The summed E-state index contributed by atoms with van der Waals surface area (Å²) in [7, 11) is 0. The van der Waals surface area contributed by atoms with Gasteiger partial charge in [-0.2, -0.15) is 0 Å². The Balaban J connectivity index is 2.06. The van der Waals surface area contributed by atoms with Gasteiger partial charge >= 0.3 is 6.09 Å². The van der Waals surface area contributed by atoms with Crippen molar-refractivity contribution in [1.82, 2.24) is 10.2 Å². The maximum Gasteiger partial charge on any atom is 0.408 e. The minimum Gasteiger partial charge on any atom is -0.444 e.